The number of carbonyl (C=O) groups excluding carboxylic acids is 2. The minimum Gasteiger partial charge on any atom is -0.310 e. The van der Waals surface area contributed by atoms with Crippen molar-refractivity contribution in [2.75, 3.05) is 11.9 Å². The molecule has 2 atom stereocenters. The number of fused-ring (bicyclic) bond motifs is 3. The van der Waals surface area contributed by atoms with Crippen LogP contribution in [0, 0.1) is 5.92 Å². The molecule has 0 fully saturated rings. The fraction of sp³-hybridized carbons (Fsp3) is 0.312. The van der Waals surface area contributed by atoms with Crippen LogP contribution in [0.15, 0.2) is 83.1 Å². The number of benzene rings is 1. The number of anilines is 1. The number of amides is 2. The number of carbonyl (C=O) groups is 2. The molecule has 0 saturated carbocycles. The van der Waals surface area contributed by atoms with E-state index in [0.29, 0.717) is 29.9 Å². The summed E-state index contributed by atoms with van der Waals surface area (Å²) in [4.78, 5) is 37.0. The molecule has 1 N–H and O–H groups in total. The SMILES string of the molecule is CC(C)C1=N[C@@](C)(C2=CC(F)=CCC(F)=C2)N(C/C=C/c2ccc3c(c2)CC2(C3)C(=O)Nc3ncccc32)C1=O. The van der Waals surface area contributed by atoms with Gasteiger partial charge in [-0.3, -0.25) is 14.6 Å². The lowest BCUT2D eigenvalue weighted by molar-refractivity contribution is -0.125. The van der Waals surface area contributed by atoms with Crippen molar-refractivity contribution in [1.82, 2.24) is 9.88 Å². The largest absolute Gasteiger partial charge is 0.310 e. The third-order valence-electron chi connectivity index (χ3n) is 8.32. The van der Waals surface area contributed by atoms with Gasteiger partial charge in [0, 0.05) is 36.2 Å². The standard InChI is InChI=1S/C32H30F2N4O2/c1-19(2)27-29(39)38(31(3,37-27)23-15-24(33)10-11-25(34)16-23)13-5-6-20-8-9-21-17-32(18-22(21)14-20)26-7-4-12-35-28(26)36-30(32)40/h4-10,12,14-16,19H,11,13,17-18H2,1-3H3,(H,35,36,40)/b6-5+/t31-,32?/m1/s1. The quantitative estimate of drug-likeness (QED) is 0.523. The number of hydrogen-bond acceptors (Lipinski definition) is 4. The number of halogens is 2. The molecule has 1 aromatic carbocycles. The first-order valence-electron chi connectivity index (χ1n) is 13.5. The maximum absolute atomic E-state index is 14.4. The Hall–Kier alpha value is -4.20. The second kappa shape index (κ2) is 9.47. The smallest absolute Gasteiger partial charge is 0.270 e. The number of nitrogens with one attached hydrogen (secondary N) is 1. The van der Waals surface area contributed by atoms with Gasteiger partial charge in [-0.15, -0.1) is 0 Å². The van der Waals surface area contributed by atoms with Crippen molar-refractivity contribution in [3.05, 3.63) is 100 Å². The molecular weight excluding hydrogens is 510 g/mol. The van der Waals surface area contributed by atoms with Gasteiger partial charge >= 0.3 is 0 Å². The fourth-order valence-corrected chi connectivity index (χ4v) is 6.17. The van der Waals surface area contributed by atoms with Gasteiger partial charge in [-0.1, -0.05) is 50.3 Å². The molecule has 1 aromatic heterocycles. The van der Waals surface area contributed by atoms with Crippen LogP contribution < -0.4 is 5.32 Å². The lowest BCUT2D eigenvalue weighted by atomic mass is 9.79. The maximum atomic E-state index is 14.4. The monoisotopic (exact) mass is 540 g/mol. The van der Waals surface area contributed by atoms with Gasteiger partial charge in [0.1, 0.15) is 23.2 Å². The Morgan fingerprint density at radius 3 is 2.73 bits per heavy atom. The minimum atomic E-state index is -1.24. The highest BCUT2D eigenvalue weighted by Crippen LogP contribution is 2.46. The summed E-state index contributed by atoms with van der Waals surface area (Å²) in [6.07, 6.45) is 10.3. The third kappa shape index (κ3) is 4.13. The molecular formula is C32H30F2N4O2. The fourth-order valence-electron chi connectivity index (χ4n) is 6.17. The van der Waals surface area contributed by atoms with Gasteiger partial charge in [0.25, 0.3) is 5.91 Å². The number of pyridine rings is 1. The summed E-state index contributed by atoms with van der Waals surface area (Å²) in [6, 6.07) is 9.96. The zero-order valence-electron chi connectivity index (χ0n) is 22.7. The van der Waals surface area contributed by atoms with E-state index in [1.807, 2.05) is 44.2 Å². The molecule has 1 unspecified atom stereocenters. The number of allylic oxidation sites excluding steroid dienone is 4. The van der Waals surface area contributed by atoms with E-state index in [1.54, 1.807) is 18.0 Å². The highest BCUT2D eigenvalue weighted by Gasteiger charge is 2.51. The summed E-state index contributed by atoms with van der Waals surface area (Å²) in [5, 5.41) is 2.93. The number of aliphatic imine (C=N–C) groups is 1. The highest BCUT2D eigenvalue weighted by atomic mass is 19.1. The molecule has 3 heterocycles. The van der Waals surface area contributed by atoms with Crippen LogP contribution in [0.5, 0.6) is 0 Å². The van der Waals surface area contributed by atoms with E-state index in [-0.39, 0.29) is 30.7 Å². The minimum absolute atomic E-state index is 0.0214. The Morgan fingerprint density at radius 1 is 1.12 bits per heavy atom. The van der Waals surface area contributed by atoms with Crippen LogP contribution in [-0.4, -0.2) is 39.6 Å². The van der Waals surface area contributed by atoms with Crippen LogP contribution in [0.25, 0.3) is 6.08 Å². The first kappa shape index (κ1) is 26.0. The van der Waals surface area contributed by atoms with Crippen molar-refractivity contribution in [3.63, 3.8) is 0 Å². The molecule has 8 heteroatoms. The first-order chi connectivity index (χ1) is 19.1. The summed E-state index contributed by atoms with van der Waals surface area (Å²) < 4.78 is 28.7. The Labute approximate surface area is 231 Å². The second-order valence-corrected chi connectivity index (χ2v) is 11.3. The van der Waals surface area contributed by atoms with E-state index in [4.69, 9.17) is 4.99 Å². The highest BCUT2D eigenvalue weighted by molar-refractivity contribution is 6.41. The normalized spacial score (nSPS) is 25.6. The van der Waals surface area contributed by atoms with Gasteiger partial charge in [0.2, 0.25) is 5.91 Å². The predicted octanol–water partition coefficient (Wildman–Crippen LogP) is 5.78. The van der Waals surface area contributed by atoms with Crippen molar-refractivity contribution >= 4 is 29.4 Å². The molecule has 4 aliphatic rings. The van der Waals surface area contributed by atoms with Crippen molar-refractivity contribution in [2.45, 2.75) is 51.1 Å². The van der Waals surface area contributed by atoms with Crippen molar-refractivity contribution in [3.8, 4) is 0 Å². The molecule has 0 bridgehead atoms. The van der Waals surface area contributed by atoms with Crippen LogP contribution in [0.2, 0.25) is 0 Å². The second-order valence-electron chi connectivity index (χ2n) is 11.3. The van der Waals surface area contributed by atoms with Gasteiger partial charge in [-0.05, 0) is 60.8 Å². The summed E-state index contributed by atoms with van der Waals surface area (Å²) in [7, 11) is 0. The molecule has 2 aliphatic carbocycles. The van der Waals surface area contributed by atoms with Crippen molar-refractivity contribution < 1.29 is 18.4 Å². The third-order valence-corrected chi connectivity index (χ3v) is 8.32. The van der Waals surface area contributed by atoms with E-state index < -0.39 is 22.7 Å². The Kier molecular flexibility index (Phi) is 6.16. The molecule has 2 amide bonds. The number of hydrogen-bond donors (Lipinski definition) is 1. The average Bonchev–Trinajstić information content (AvgIpc) is 3.47. The van der Waals surface area contributed by atoms with Crippen LogP contribution in [0.3, 0.4) is 0 Å². The molecule has 6 rings (SSSR count). The Bertz CT molecular complexity index is 1600. The molecule has 6 nitrogen and oxygen atoms in total. The van der Waals surface area contributed by atoms with Crippen LogP contribution in [0.4, 0.5) is 14.6 Å². The molecule has 0 saturated heterocycles. The average molecular weight is 541 g/mol. The number of nitrogens with zero attached hydrogens (tertiary/aromatic N) is 3. The van der Waals surface area contributed by atoms with E-state index in [1.165, 1.54) is 18.2 Å². The van der Waals surface area contributed by atoms with E-state index in [9.17, 15) is 18.4 Å². The summed E-state index contributed by atoms with van der Waals surface area (Å²) in [5.74, 6) is -0.815. The summed E-state index contributed by atoms with van der Waals surface area (Å²) >= 11 is 0. The van der Waals surface area contributed by atoms with E-state index in [2.05, 4.69) is 22.4 Å². The van der Waals surface area contributed by atoms with Gasteiger partial charge in [0.05, 0.1) is 5.41 Å². The summed E-state index contributed by atoms with van der Waals surface area (Å²) in [5.41, 5.74) is 2.90. The van der Waals surface area contributed by atoms with Gasteiger partial charge in [-0.2, -0.15) is 0 Å². The maximum Gasteiger partial charge on any atom is 0.270 e. The van der Waals surface area contributed by atoms with Crippen molar-refractivity contribution in [1.29, 1.82) is 0 Å². The number of rotatable bonds is 5. The zero-order chi connectivity index (χ0) is 28.2. The molecule has 204 valence electrons. The lowest BCUT2D eigenvalue weighted by Gasteiger charge is -2.33. The molecule has 2 aromatic rings. The molecule has 40 heavy (non-hydrogen) atoms. The Balaban J connectivity index is 1.25. The topological polar surface area (TPSA) is 74.7 Å². The first-order valence-corrected chi connectivity index (χ1v) is 13.5. The predicted molar refractivity (Wildman–Crippen MR) is 151 cm³/mol. The Morgan fingerprint density at radius 2 is 1.93 bits per heavy atom. The van der Waals surface area contributed by atoms with Gasteiger partial charge < -0.3 is 10.2 Å². The molecule has 0 radical (unpaired) electrons. The number of aromatic nitrogens is 1. The van der Waals surface area contributed by atoms with Crippen LogP contribution in [0.1, 0.15) is 49.4 Å². The molecule has 2 aliphatic heterocycles. The van der Waals surface area contributed by atoms with Gasteiger partial charge in [-0.25, -0.2) is 13.8 Å². The lowest BCUT2D eigenvalue weighted by Crippen LogP contribution is -2.46. The van der Waals surface area contributed by atoms with Crippen LogP contribution >= 0.6 is 0 Å². The van der Waals surface area contributed by atoms with Crippen molar-refractivity contribution in [2.24, 2.45) is 10.9 Å². The summed E-state index contributed by atoms with van der Waals surface area (Å²) in [6.45, 7) is 5.68. The van der Waals surface area contributed by atoms with E-state index >= 15 is 0 Å². The zero-order valence-corrected chi connectivity index (χ0v) is 22.7. The van der Waals surface area contributed by atoms with E-state index in [0.717, 1.165) is 22.3 Å². The van der Waals surface area contributed by atoms with Gasteiger partial charge in [0.15, 0.2) is 5.66 Å². The molecule has 1 spiro atoms. The van der Waals surface area contributed by atoms with Crippen LogP contribution in [-0.2, 0) is 27.8 Å².